The smallest absolute Gasteiger partial charge is 0.412 e. The summed E-state index contributed by atoms with van der Waals surface area (Å²) in [5.41, 5.74) is -1.73. The second kappa shape index (κ2) is 8.96. The summed E-state index contributed by atoms with van der Waals surface area (Å²) in [5, 5.41) is 11.6. The number of carbonyl (C=O) groups is 1. The van der Waals surface area contributed by atoms with Crippen LogP contribution in [0.2, 0.25) is 0 Å². The number of hydrogen-bond donors (Lipinski definition) is 2. The number of carboxylic acids is 1. The van der Waals surface area contributed by atoms with Crippen LogP contribution >= 0.6 is 0 Å². The fourth-order valence-corrected chi connectivity index (χ4v) is 4.17. The molecule has 180 valence electrons. The van der Waals surface area contributed by atoms with E-state index in [1.54, 1.807) is 6.92 Å². The molecule has 11 heteroatoms. The molecule has 0 saturated carbocycles. The largest absolute Gasteiger partial charge is 0.478 e. The van der Waals surface area contributed by atoms with Gasteiger partial charge in [-0.15, -0.1) is 0 Å². The van der Waals surface area contributed by atoms with Crippen LogP contribution < -0.4 is 15.8 Å². The van der Waals surface area contributed by atoms with Gasteiger partial charge in [-0.05, 0) is 56.0 Å². The predicted molar refractivity (Wildman–Crippen MR) is 118 cm³/mol. The molecule has 2 N–H and O–H groups in total. The Bertz CT molecular complexity index is 1300. The maximum absolute atomic E-state index is 14.3. The molecule has 0 spiro atoms. The van der Waals surface area contributed by atoms with E-state index >= 15 is 0 Å². The molecule has 4 rings (SSSR count). The third kappa shape index (κ3) is 4.68. The molecule has 0 unspecified atom stereocenters. The topological polar surface area (TPSA) is 86.9 Å². The van der Waals surface area contributed by atoms with Gasteiger partial charge in [0.25, 0.3) is 5.56 Å². The average molecular weight is 478 g/mol. The van der Waals surface area contributed by atoms with E-state index in [0.717, 1.165) is 35.8 Å². The predicted octanol–water partition coefficient (Wildman–Crippen LogP) is 4.55. The van der Waals surface area contributed by atoms with Gasteiger partial charge in [-0.3, -0.25) is 9.20 Å². The number of nitrogens with one attached hydrogen (secondary N) is 1. The van der Waals surface area contributed by atoms with Crippen LogP contribution in [0.5, 0.6) is 0 Å². The van der Waals surface area contributed by atoms with Gasteiger partial charge in [0.15, 0.2) is 6.04 Å². The summed E-state index contributed by atoms with van der Waals surface area (Å²) < 4.78 is 57.5. The summed E-state index contributed by atoms with van der Waals surface area (Å²) in [6, 6.07) is 2.61. The highest BCUT2D eigenvalue weighted by Crippen LogP contribution is 2.38. The molecular formula is C23H22F4N4O3. The first-order chi connectivity index (χ1) is 16.0. The summed E-state index contributed by atoms with van der Waals surface area (Å²) in [7, 11) is 0. The molecule has 2 aromatic heterocycles. The number of benzene rings is 1. The molecule has 1 aliphatic rings. The van der Waals surface area contributed by atoms with Gasteiger partial charge in [-0.1, -0.05) is 0 Å². The summed E-state index contributed by atoms with van der Waals surface area (Å²) in [6.45, 7) is 2.83. The first kappa shape index (κ1) is 23.5. The van der Waals surface area contributed by atoms with Gasteiger partial charge in [-0.2, -0.15) is 13.2 Å². The highest BCUT2D eigenvalue weighted by Gasteiger charge is 2.43. The fraction of sp³-hybridized carbons (Fsp3) is 0.348. The van der Waals surface area contributed by atoms with Crippen LogP contribution in [0, 0.1) is 12.7 Å². The van der Waals surface area contributed by atoms with Crippen LogP contribution in [-0.2, 0) is 0 Å². The molecule has 1 saturated heterocycles. The third-order valence-electron chi connectivity index (χ3n) is 5.74. The highest BCUT2D eigenvalue weighted by molar-refractivity contribution is 5.94. The number of pyridine rings is 1. The lowest BCUT2D eigenvalue weighted by Gasteiger charge is -2.29. The molecule has 1 fully saturated rings. The van der Waals surface area contributed by atoms with Gasteiger partial charge in [0.05, 0.1) is 5.56 Å². The molecular weight excluding hydrogens is 456 g/mol. The normalized spacial score (nSPS) is 15.4. The standard InChI is InChI=1S/C23H22F4N4O3/c1-13-9-16(20(23(25,26)27)28-17-6-5-14(24)10-15(17)22(33)34)21-29-18(11-19(32)31(21)12-13)30-7-3-2-4-8-30/h5-6,9-12,20,28H,2-4,7-8H2,1H3,(H,33,34)/t20-/m0/s1. The van der Waals surface area contributed by atoms with Crippen molar-refractivity contribution in [3.05, 3.63) is 69.4 Å². The Kier molecular flexibility index (Phi) is 6.20. The van der Waals surface area contributed by atoms with Crippen molar-refractivity contribution in [2.75, 3.05) is 23.3 Å². The van der Waals surface area contributed by atoms with E-state index in [9.17, 15) is 32.3 Å². The lowest BCUT2D eigenvalue weighted by Crippen LogP contribution is -2.33. The maximum Gasteiger partial charge on any atom is 0.412 e. The Morgan fingerprint density at radius 3 is 2.50 bits per heavy atom. The first-order valence-corrected chi connectivity index (χ1v) is 10.7. The van der Waals surface area contributed by atoms with Crippen LogP contribution in [0.25, 0.3) is 5.65 Å². The highest BCUT2D eigenvalue weighted by atomic mass is 19.4. The number of hydrogen-bond acceptors (Lipinski definition) is 5. The molecule has 0 radical (unpaired) electrons. The second-order valence-electron chi connectivity index (χ2n) is 8.28. The van der Waals surface area contributed by atoms with Crippen LogP contribution in [0.4, 0.5) is 29.1 Å². The number of anilines is 2. The van der Waals surface area contributed by atoms with Crippen molar-refractivity contribution in [1.82, 2.24) is 9.38 Å². The summed E-state index contributed by atoms with van der Waals surface area (Å²) in [6.07, 6.45) is -0.690. The number of aromatic carboxylic acids is 1. The molecule has 1 aromatic carbocycles. The molecule has 3 heterocycles. The minimum Gasteiger partial charge on any atom is -0.478 e. The number of alkyl halides is 3. The molecule has 3 aromatic rings. The number of carboxylic acid groups (broad SMARTS) is 1. The lowest BCUT2D eigenvalue weighted by atomic mass is 10.0. The number of nitrogens with zero attached hydrogens (tertiary/aromatic N) is 3. The van der Waals surface area contributed by atoms with Crippen molar-refractivity contribution < 1.29 is 27.5 Å². The Hall–Kier alpha value is -3.63. The number of fused-ring (bicyclic) bond motifs is 1. The van der Waals surface area contributed by atoms with E-state index in [2.05, 4.69) is 10.3 Å². The van der Waals surface area contributed by atoms with Gasteiger partial charge in [0.2, 0.25) is 0 Å². The van der Waals surface area contributed by atoms with Gasteiger partial charge in [-0.25, -0.2) is 14.2 Å². The van der Waals surface area contributed by atoms with E-state index in [0.29, 0.717) is 30.5 Å². The van der Waals surface area contributed by atoms with Crippen molar-refractivity contribution in [1.29, 1.82) is 0 Å². The third-order valence-corrected chi connectivity index (χ3v) is 5.74. The number of piperidine rings is 1. The van der Waals surface area contributed by atoms with Crippen molar-refractivity contribution in [3.8, 4) is 0 Å². The van der Waals surface area contributed by atoms with Crippen molar-refractivity contribution in [2.24, 2.45) is 0 Å². The number of aryl methyl sites for hydroxylation is 1. The maximum atomic E-state index is 14.3. The summed E-state index contributed by atoms with van der Waals surface area (Å²) in [4.78, 5) is 30.6. The van der Waals surface area contributed by atoms with Gasteiger partial charge in [0.1, 0.15) is 17.3 Å². The monoisotopic (exact) mass is 478 g/mol. The van der Waals surface area contributed by atoms with E-state index < -0.39 is 40.8 Å². The van der Waals surface area contributed by atoms with Gasteiger partial charge >= 0.3 is 12.1 Å². The molecule has 7 nitrogen and oxygen atoms in total. The van der Waals surface area contributed by atoms with Crippen LogP contribution in [0.3, 0.4) is 0 Å². The second-order valence-corrected chi connectivity index (χ2v) is 8.28. The minimum absolute atomic E-state index is 0.188. The molecule has 1 atom stereocenters. The molecule has 0 bridgehead atoms. The zero-order chi connectivity index (χ0) is 24.6. The Morgan fingerprint density at radius 2 is 1.85 bits per heavy atom. The van der Waals surface area contributed by atoms with Crippen molar-refractivity contribution in [3.63, 3.8) is 0 Å². The molecule has 1 aliphatic heterocycles. The van der Waals surface area contributed by atoms with E-state index in [4.69, 9.17) is 0 Å². The number of aromatic nitrogens is 2. The van der Waals surface area contributed by atoms with Gasteiger partial charge < -0.3 is 15.3 Å². The van der Waals surface area contributed by atoms with Gasteiger partial charge in [0, 0.05) is 36.6 Å². The van der Waals surface area contributed by atoms with E-state index in [-0.39, 0.29) is 11.2 Å². The van der Waals surface area contributed by atoms with Crippen LogP contribution in [0.1, 0.15) is 46.8 Å². The molecule has 0 aliphatic carbocycles. The zero-order valence-corrected chi connectivity index (χ0v) is 18.2. The molecule has 34 heavy (non-hydrogen) atoms. The van der Waals surface area contributed by atoms with Crippen molar-refractivity contribution in [2.45, 2.75) is 38.4 Å². The summed E-state index contributed by atoms with van der Waals surface area (Å²) >= 11 is 0. The zero-order valence-electron chi connectivity index (χ0n) is 18.2. The van der Waals surface area contributed by atoms with Crippen LogP contribution in [-0.4, -0.2) is 39.7 Å². The number of rotatable bonds is 5. The minimum atomic E-state index is -4.89. The summed E-state index contributed by atoms with van der Waals surface area (Å²) in [5.74, 6) is -2.19. The SMILES string of the molecule is Cc1cc([C@H](Nc2ccc(F)cc2C(=O)O)C(F)(F)F)c2nc(N3CCCCC3)cc(=O)n2c1. The van der Waals surface area contributed by atoms with E-state index in [1.807, 2.05) is 4.90 Å². The Labute approximate surface area is 191 Å². The Morgan fingerprint density at radius 1 is 1.15 bits per heavy atom. The number of halogens is 4. The van der Waals surface area contributed by atoms with Crippen molar-refractivity contribution >= 4 is 23.1 Å². The van der Waals surface area contributed by atoms with Crippen LogP contribution in [0.15, 0.2) is 41.3 Å². The quantitative estimate of drug-likeness (QED) is 0.524. The van der Waals surface area contributed by atoms with E-state index in [1.165, 1.54) is 18.3 Å². The Balaban J connectivity index is 1.90. The first-order valence-electron chi connectivity index (χ1n) is 10.7. The average Bonchev–Trinajstić information content (AvgIpc) is 2.78. The fourth-order valence-electron chi connectivity index (χ4n) is 4.17. The lowest BCUT2D eigenvalue weighted by molar-refractivity contribution is -0.143. The molecule has 0 amide bonds.